The summed E-state index contributed by atoms with van der Waals surface area (Å²) in [6, 6.07) is 4.70. The summed E-state index contributed by atoms with van der Waals surface area (Å²) in [5.74, 6) is 0.363. The molecule has 4 nitrogen and oxygen atoms in total. The molecule has 1 aliphatic heterocycles. The highest BCUT2D eigenvalue weighted by molar-refractivity contribution is 6.42. The molecule has 2 rings (SSSR count). The Balaban J connectivity index is 1.96. The molecule has 116 valence electrons. The van der Waals surface area contributed by atoms with Gasteiger partial charge >= 0.3 is 0 Å². The van der Waals surface area contributed by atoms with Crippen molar-refractivity contribution in [2.45, 2.75) is 38.3 Å². The quantitative estimate of drug-likeness (QED) is 0.922. The second-order valence-corrected chi connectivity index (χ2v) is 6.58. The van der Waals surface area contributed by atoms with Crippen LogP contribution in [0.5, 0.6) is 5.75 Å². The van der Waals surface area contributed by atoms with E-state index in [0.29, 0.717) is 22.3 Å². The summed E-state index contributed by atoms with van der Waals surface area (Å²) in [4.78, 5) is 14.0. The molecule has 1 atom stereocenters. The minimum atomic E-state index is -0.907. The number of aliphatic hydroxyl groups is 1. The average molecular weight is 332 g/mol. The lowest BCUT2D eigenvalue weighted by Crippen LogP contribution is -2.49. The zero-order valence-corrected chi connectivity index (χ0v) is 13.6. The number of nitrogens with zero attached hydrogens (tertiary/aromatic N) is 1. The molecule has 6 heteroatoms. The number of carbonyl (C=O) groups excluding carboxylic acids is 1. The highest BCUT2D eigenvalue weighted by atomic mass is 35.5. The topological polar surface area (TPSA) is 49.8 Å². The summed E-state index contributed by atoms with van der Waals surface area (Å²) in [6.07, 6.45) is 1.70. The summed E-state index contributed by atoms with van der Waals surface area (Å²) < 4.78 is 5.46. The Hall–Kier alpha value is -0.970. The fraction of sp³-hybridized carbons (Fsp3) is 0.533. The molecule has 1 saturated heterocycles. The summed E-state index contributed by atoms with van der Waals surface area (Å²) in [7, 11) is 0. The molecule has 0 bridgehead atoms. The van der Waals surface area contributed by atoms with E-state index in [1.165, 1.54) is 0 Å². The van der Waals surface area contributed by atoms with Gasteiger partial charge in [0.1, 0.15) is 5.75 Å². The van der Waals surface area contributed by atoms with Crippen LogP contribution in [0.1, 0.15) is 26.7 Å². The number of likely N-dealkylation sites (tertiary alicyclic amines) is 1. The minimum absolute atomic E-state index is 0.0788. The van der Waals surface area contributed by atoms with Gasteiger partial charge in [-0.2, -0.15) is 0 Å². The van der Waals surface area contributed by atoms with Crippen LogP contribution in [-0.2, 0) is 4.79 Å². The van der Waals surface area contributed by atoms with Gasteiger partial charge in [0.2, 0.25) is 0 Å². The van der Waals surface area contributed by atoms with Crippen molar-refractivity contribution < 1.29 is 14.6 Å². The number of hydrogen-bond acceptors (Lipinski definition) is 3. The van der Waals surface area contributed by atoms with E-state index in [-0.39, 0.29) is 18.6 Å². The van der Waals surface area contributed by atoms with E-state index < -0.39 is 5.60 Å². The average Bonchev–Trinajstić information content (AvgIpc) is 2.89. The van der Waals surface area contributed by atoms with Gasteiger partial charge in [0, 0.05) is 12.6 Å². The third-order valence-electron chi connectivity index (χ3n) is 3.64. The van der Waals surface area contributed by atoms with E-state index in [0.717, 1.165) is 12.8 Å². The molecule has 0 radical (unpaired) electrons. The van der Waals surface area contributed by atoms with Crippen molar-refractivity contribution in [1.29, 1.82) is 0 Å². The maximum Gasteiger partial charge on any atom is 0.260 e. The lowest BCUT2D eigenvalue weighted by Gasteiger charge is -2.33. The van der Waals surface area contributed by atoms with Gasteiger partial charge < -0.3 is 14.7 Å². The molecule has 0 spiro atoms. The predicted octanol–water partition coefficient (Wildman–Crippen LogP) is 3.13. The van der Waals surface area contributed by atoms with Crippen molar-refractivity contribution >= 4 is 29.1 Å². The Kier molecular flexibility index (Phi) is 5.02. The Labute approximate surface area is 134 Å². The molecule has 0 unspecified atom stereocenters. The van der Waals surface area contributed by atoms with Gasteiger partial charge in [0.05, 0.1) is 21.7 Å². The number of benzene rings is 1. The summed E-state index contributed by atoms with van der Waals surface area (Å²) in [5, 5.41) is 10.9. The van der Waals surface area contributed by atoms with Gasteiger partial charge in [0.25, 0.3) is 5.91 Å². The van der Waals surface area contributed by atoms with Crippen LogP contribution in [0.2, 0.25) is 10.0 Å². The maximum absolute atomic E-state index is 12.3. The van der Waals surface area contributed by atoms with E-state index in [4.69, 9.17) is 27.9 Å². The first kappa shape index (κ1) is 16.4. The second-order valence-electron chi connectivity index (χ2n) is 5.76. The zero-order valence-electron chi connectivity index (χ0n) is 12.1. The number of ether oxygens (including phenoxy) is 1. The monoisotopic (exact) mass is 331 g/mol. The molecule has 1 N–H and O–H groups in total. The van der Waals surface area contributed by atoms with E-state index in [2.05, 4.69) is 0 Å². The van der Waals surface area contributed by atoms with Crippen molar-refractivity contribution in [3.8, 4) is 5.75 Å². The van der Waals surface area contributed by atoms with Crippen LogP contribution in [0.3, 0.4) is 0 Å². The second kappa shape index (κ2) is 6.42. The van der Waals surface area contributed by atoms with Crippen molar-refractivity contribution in [3.05, 3.63) is 28.2 Å². The van der Waals surface area contributed by atoms with E-state index in [1.807, 2.05) is 0 Å². The molecule has 0 aliphatic carbocycles. The van der Waals surface area contributed by atoms with Crippen LogP contribution in [0, 0.1) is 0 Å². The van der Waals surface area contributed by atoms with E-state index in [9.17, 15) is 9.90 Å². The number of hydrogen-bond donors (Lipinski definition) is 1. The Bertz CT molecular complexity index is 528. The molecule has 1 amide bonds. The Morgan fingerprint density at radius 2 is 2.14 bits per heavy atom. The molecule has 1 aliphatic rings. The SMILES string of the molecule is CC(C)(O)[C@H]1CCCN1C(=O)COc1ccc(Cl)c(Cl)c1. The van der Waals surface area contributed by atoms with Crippen molar-refractivity contribution in [3.63, 3.8) is 0 Å². The Morgan fingerprint density at radius 1 is 1.43 bits per heavy atom. The maximum atomic E-state index is 12.3. The van der Waals surface area contributed by atoms with Crippen LogP contribution in [0.4, 0.5) is 0 Å². The summed E-state index contributed by atoms with van der Waals surface area (Å²) in [6.45, 7) is 4.02. The highest BCUT2D eigenvalue weighted by Crippen LogP contribution is 2.28. The smallest absolute Gasteiger partial charge is 0.260 e. The molecule has 0 saturated carbocycles. The molecule has 1 heterocycles. The van der Waals surface area contributed by atoms with Crippen LogP contribution in [-0.4, -0.2) is 40.7 Å². The van der Waals surface area contributed by atoms with Crippen molar-refractivity contribution in [2.75, 3.05) is 13.2 Å². The standard InChI is InChI=1S/C15H19Cl2NO3/c1-15(2,20)13-4-3-7-18(13)14(19)9-21-10-5-6-11(16)12(17)8-10/h5-6,8,13,20H,3-4,7,9H2,1-2H3/t13-/m1/s1. The fourth-order valence-corrected chi connectivity index (χ4v) is 2.88. The van der Waals surface area contributed by atoms with Crippen LogP contribution in [0.15, 0.2) is 18.2 Å². The fourth-order valence-electron chi connectivity index (χ4n) is 2.59. The molecule has 21 heavy (non-hydrogen) atoms. The Morgan fingerprint density at radius 3 is 2.76 bits per heavy atom. The molecule has 1 aromatic carbocycles. The zero-order chi connectivity index (χ0) is 15.6. The van der Waals surface area contributed by atoms with Crippen LogP contribution < -0.4 is 4.74 Å². The van der Waals surface area contributed by atoms with E-state index in [1.54, 1.807) is 36.9 Å². The van der Waals surface area contributed by atoms with Gasteiger partial charge in [-0.15, -0.1) is 0 Å². The van der Waals surface area contributed by atoms with Gasteiger partial charge in [-0.3, -0.25) is 4.79 Å². The number of rotatable bonds is 4. The summed E-state index contributed by atoms with van der Waals surface area (Å²) >= 11 is 11.7. The van der Waals surface area contributed by atoms with Gasteiger partial charge in [-0.25, -0.2) is 0 Å². The lowest BCUT2D eigenvalue weighted by molar-refractivity contribution is -0.138. The largest absolute Gasteiger partial charge is 0.484 e. The number of halogens is 2. The van der Waals surface area contributed by atoms with Gasteiger partial charge in [-0.05, 0) is 38.8 Å². The highest BCUT2D eigenvalue weighted by Gasteiger charge is 2.38. The third-order valence-corrected chi connectivity index (χ3v) is 4.38. The first-order valence-corrected chi connectivity index (χ1v) is 7.64. The first-order valence-electron chi connectivity index (χ1n) is 6.89. The molecular weight excluding hydrogens is 313 g/mol. The predicted molar refractivity (Wildman–Crippen MR) is 83.0 cm³/mol. The molecule has 0 aromatic heterocycles. The third kappa shape index (κ3) is 4.02. The van der Waals surface area contributed by atoms with Crippen molar-refractivity contribution in [1.82, 2.24) is 4.90 Å². The van der Waals surface area contributed by atoms with Crippen LogP contribution >= 0.6 is 23.2 Å². The number of amides is 1. The van der Waals surface area contributed by atoms with Gasteiger partial charge in [0.15, 0.2) is 6.61 Å². The first-order chi connectivity index (χ1) is 9.79. The van der Waals surface area contributed by atoms with Crippen molar-refractivity contribution in [2.24, 2.45) is 0 Å². The molecule has 1 fully saturated rings. The normalized spacial score (nSPS) is 18.9. The lowest BCUT2D eigenvalue weighted by atomic mass is 9.97. The summed E-state index contributed by atoms with van der Waals surface area (Å²) in [5.41, 5.74) is -0.907. The van der Waals surface area contributed by atoms with Gasteiger partial charge in [-0.1, -0.05) is 23.2 Å². The minimum Gasteiger partial charge on any atom is -0.484 e. The van der Waals surface area contributed by atoms with E-state index >= 15 is 0 Å². The van der Waals surface area contributed by atoms with Crippen LogP contribution in [0.25, 0.3) is 0 Å². The molecular formula is C15H19Cl2NO3. The number of carbonyl (C=O) groups is 1. The molecule has 1 aromatic rings.